The Bertz CT molecular complexity index is 688. The van der Waals surface area contributed by atoms with E-state index in [1.807, 2.05) is 49.4 Å². The summed E-state index contributed by atoms with van der Waals surface area (Å²) in [5, 5.41) is 2.72. The zero-order chi connectivity index (χ0) is 17.5. The van der Waals surface area contributed by atoms with Gasteiger partial charge in [0, 0.05) is 17.9 Å². The van der Waals surface area contributed by atoms with E-state index in [-0.39, 0.29) is 24.2 Å². The molecule has 6 heteroatoms. The molecule has 3 N–H and O–H groups in total. The van der Waals surface area contributed by atoms with Gasteiger partial charge in [0.1, 0.15) is 0 Å². The summed E-state index contributed by atoms with van der Waals surface area (Å²) in [5.41, 5.74) is 7.98. The fourth-order valence-corrected chi connectivity index (χ4v) is 2.34. The molecule has 0 spiro atoms. The Balaban J connectivity index is 0.00000312. The predicted molar refractivity (Wildman–Crippen MR) is 104 cm³/mol. The van der Waals surface area contributed by atoms with Crippen molar-refractivity contribution >= 4 is 35.6 Å². The van der Waals surface area contributed by atoms with Crippen molar-refractivity contribution in [2.24, 2.45) is 5.73 Å². The molecule has 134 valence electrons. The van der Waals surface area contributed by atoms with Gasteiger partial charge < -0.3 is 16.0 Å². The van der Waals surface area contributed by atoms with E-state index in [9.17, 15) is 9.59 Å². The summed E-state index contributed by atoms with van der Waals surface area (Å²) in [5.74, 6) is -0.198. The second-order valence-electron chi connectivity index (χ2n) is 5.63. The number of nitrogens with one attached hydrogen (secondary N) is 1. The Morgan fingerprint density at radius 2 is 1.68 bits per heavy atom. The summed E-state index contributed by atoms with van der Waals surface area (Å²) < 4.78 is 0. The van der Waals surface area contributed by atoms with Gasteiger partial charge in [-0.3, -0.25) is 9.59 Å². The Labute approximate surface area is 154 Å². The minimum atomic E-state index is -0.560. The molecule has 0 aromatic heterocycles. The third kappa shape index (κ3) is 5.89. The normalized spacial score (nSPS) is 11.2. The average molecular weight is 362 g/mol. The van der Waals surface area contributed by atoms with Gasteiger partial charge in [-0.2, -0.15) is 0 Å². The lowest BCUT2D eigenvalue weighted by atomic mass is 10.1. The molecule has 0 heterocycles. The van der Waals surface area contributed by atoms with E-state index < -0.39 is 6.04 Å². The fraction of sp³-hybridized carbons (Fsp3) is 0.263. The van der Waals surface area contributed by atoms with E-state index in [2.05, 4.69) is 5.32 Å². The molecule has 0 saturated heterocycles. The summed E-state index contributed by atoms with van der Waals surface area (Å²) in [4.78, 5) is 25.9. The first kappa shape index (κ1) is 20.7. The number of carbonyl (C=O) groups excluding carboxylic acids is 2. The van der Waals surface area contributed by atoms with Gasteiger partial charge in [-0.05, 0) is 43.7 Å². The molecule has 2 aromatic rings. The highest BCUT2D eigenvalue weighted by atomic mass is 35.5. The number of para-hydroxylation sites is 1. The zero-order valence-electron chi connectivity index (χ0n) is 14.4. The van der Waals surface area contributed by atoms with Crippen molar-refractivity contribution in [1.82, 2.24) is 0 Å². The van der Waals surface area contributed by atoms with E-state index in [1.54, 1.807) is 24.0 Å². The van der Waals surface area contributed by atoms with Crippen molar-refractivity contribution in [3.8, 4) is 0 Å². The summed E-state index contributed by atoms with van der Waals surface area (Å²) in [6.07, 6.45) is 0.310. The maximum absolute atomic E-state index is 12.5. The summed E-state index contributed by atoms with van der Waals surface area (Å²) in [6.45, 7) is 4.20. The highest BCUT2D eigenvalue weighted by molar-refractivity contribution is 5.95. The molecule has 0 aliphatic rings. The number of halogens is 1. The van der Waals surface area contributed by atoms with Crippen molar-refractivity contribution in [1.29, 1.82) is 0 Å². The maximum atomic E-state index is 12.5. The Hall–Kier alpha value is -2.37. The van der Waals surface area contributed by atoms with E-state index in [1.165, 1.54) is 0 Å². The van der Waals surface area contributed by atoms with Gasteiger partial charge in [-0.1, -0.05) is 30.3 Å². The number of carbonyl (C=O) groups is 2. The quantitative estimate of drug-likeness (QED) is 0.830. The van der Waals surface area contributed by atoms with Crippen molar-refractivity contribution in [2.45, 2.75) is 26.3 Å². The van der Waals surface area contributed by atoms with Crippen LogP contribution in [0.2, 0.25) is 0 Å². The van der Waals surface area contributed by atoms with E-state index in [0.29, 0.717) is 18.7 Å². The summed E-state index contributed by atoms with van der Waals surface area (Å²) in [6, 6.07) is 16.3. The third-order valence-electron chi connectivity index (χ3n) is 3.68. The number of rotatable bonds is 6. The molecule has 2 amide bonds. The van der Waals surface area contributed by atoms with Gasteiger partial charge in [0.05, 0.1) is 12.5 Å². The van der Waals surface area contributed by atoms with Gasteiger partial charge in [-0.15, -0.1) is 12.4 Å². The Morgan fingerprint density at radius 3 is 2.20 bits per heavy atom. The van der Waals surface area contributed by atoms with Crippen LogP contribution in [0.3, 0.4) is 0 Å². The maximum Gasteiger partial charge on any atom is 0.240 e. The number of hydrogen-bond donors (Lipinski definition) is 2. The van der Waals surface area contributed by atoms with Crippen LogP contribution in [0.5, 0.6) is 0 Å². The highest BCUT2D eigenvalue weighted by Gasteiger charge is 2.14. The van der Waals surface area contributed by atoms with Crippen molar-refractivity contribution < 1.29 is 9.59 Å². The Morgan fingerprint density at radius 1 is 1.08 bits per heavy atom. The van der Waals surface area contributed by atoms with E-state index in [4.69, 9.17) is 5.73 Å². The van der Waals surface area contributed by atoms with Crippen LogP contribution in [0, 0.1) is 0 Å². The molecule has 0 radical (unpaired) electrons. The van der Waals surface area contributed by atoms with Gasteiger partial charge in [0.25, 0.3) is 0 Å². The van der Waals surface area contributed by atoms with Gasteiger partial charge in [0.15, 0.2) is 0 Å². The number of benzene rings is 2. The first-order valence-electron chi connectivity index (χ1n) is 8.02. The molecule has 1 atom stereocenters. The standard InChI is InChI=1S/C19H23N3O2.ClH/c1-3-22(17-7-5-4-6-8-17)18(23)13-15-9-11-16(12-10-15)21-19(24)14(2)20;/h4-12,14H,3,13,20H2,1-2H3,(H,21,24);1H/t14-;/m0./s1. The fourth-order valence-electron chi connectivity index (χ4n) is 2.34. The lowest BCUT2D eigenvalue weighted by Crippen LogP contribution is -2.32. The van der Waals surface area contributed by atoms with E-state index >= 15 is 0 Å². The van der Waals surface area contributed by atoms with E-state index in [0.717, 1.165) is 11.3 Å². The molecule has 0 unspecified atom stereocenters. The van der Waals surface area contributed by atoms with Crippen LogP contribution in [0.4, 0.5) is 11.4 Å². The SMILES string of the molecule is CCN(C(=O)Cc1ccc(NC(=O)[C@H](C)N)cc1)c1ccccc1.Cl. The summed E-state index contributed by atoms with van der Waals surface area (Å²) in [7, 11) is 0. The molecule has 0 bridgehead atoms. The number of amides is 2. The predicted octanol–water partition coefficient (Wildman–Crippen LogP) is 2.99. The number of nitrogens with two attached hydrogens (primary N) is 1. The number of anilines is 2. The first-order valence-corrected chi connectivity index (χ1v) is 8.02. The van der Waals surface area contributed by atoms with Crippen LogP contribution in [-0.2, 0) is 16.0 Å². The minimum absolute atomic E-state index is 0. The largest absolute Gasteiger partial charge is 0.325 e. The lowest BCUT2D eigenvalue weighted by Gasteiger charge is -2.21. The monoisotopic (exact) mass is 361 g/mol. The number of likely N-dealkylation sites (N-methyl/N-ethyl adjacent to an activating group) is 1. The molecule has 0 aliphatic heterocycles. The van der Waals surface area contributed by atoms with Crippen molar-refractivity contribution in [2.75, 3.05) is 16.8 Å². The highest BCUT2D eigenvalue weighted by Crippen LogP contribution is 2.16. The van der Waals surface area contributed by atoms with Crippen LogP contribution in [0.1, 0.15) is 19.4 Å². The van der Waals surface area contributed by atoms with Gasteiger partial charge in [-0.25, -0.2) is 0 Å². The molecular formula is C19H24ClN3O2. The summed E-state index contributed by atoms with van der Waals surface area (Å²) >= 11 is 0. The lowest BCUT2D eigenvalue weighted by molar-refractivity contribution is -0.118. The molecule has 2 rings (SSSR count). The first-order chi connectivity index (χ1) is 11.5. The van der Waals surface area contributed by atoms with Crippen LogP contribution < -0.4 is 16.0 Å². The molecule has 5 nitrogen and oxygen atoms in total. The number of hydrogen-bond acceptors (Lipinski definition) is 3. The third-order valence-corrected chi connectivity index (χ3v) is 3.68. The average Bonchev–Trinajstić information content (AvgIpc) is 2.58. The second-order valence-corrected chi connectivity index (χ2v) is 5.63. The molecule has 0 aliphatic carbocycles. The van der Waals surface area contributed by atoms with Crippen molar-refractivity contribution in [3.63, 3.8) is 0 Å². The molecule has 0 fully saturated rings. The topological polar surface area (TPSA) is 75.4 Å². The van der Waals surface area contributed by atoms with Crippen LogP contribution >= 0.6 is 12.4 Å². The Kier molecular flexibility index (Phi) is 8.11. The van der Waals surface area contributed by atoms with Crippen molar-refractivity contribution in [3.05, 3.63) is 60.2 Å². The second kappa shape index (κ2) is 9.81. The van der Waals surface area contributed by atoms with Gasteiger partial charge >= 0.3 is 0 Å². The van der Waals surface area contributed by atoms with Gasteiger partial charge in [0.2, 0.25) is 11.8 Å². The molecule has 25 heavy (non-hydrogen) atoms. The molecule has 0 saturated carbocycles. The molecular weight excluding hydrogens is 338 g/mol. The van der Waals surface area contributed by atoms with Crippen LogP contribution in [-0.4, -0.2) is 24.4 Å². The van der Waals surface area contributed by atoms with Crippen LogP contribution in [0.15, 0.2) is 54.6 Å². The molecule has 2 aromatic carbocycles. The zero-order valence-corrected chi connectivity index (χ0v) is 15.3. The number of nitrogens with zero attached hydrogens (tertiary/aromatic N) is 1. The van der Waals surface area contributed by atoms with Crippen LogP contribution in [0.25, 0.3) is 0 Å². The smallest absolute Gasteiger partial charge is 0.240 e. The minimum Gasteiger partial charge on any atom is -0.325 e.